The van der Waals surface area contributed by atoms with Crippen LogP contribution in [-0.2, 0) is 0 Å². The molecule has 0 aliphatic carbocycles. The summed E-state index contributed by atoms with van der Waals surface area (Å²) in [7, 11) is 4.56. The van der Waals surface area contributed by atoms with Gasteiger partial charge in [-0.1, -0.05) is 6.92 Å². The third kappa shape index (κ3) is 2.10. The van der Waals surface area contributed by atoms with Gasteiger partial charge in [0.25, 0.3) is 0 Å². The Hall–Kier alpha value is -1.71. The quantitative estimate of drug-likeness (QED) is 0.720. The molecule has 0 saturated heterocycles. The van der Waals surface area contributed by atoms with Crippen molar-refractivity contribution in [2.75, 3.05) is 21.3 Å². The van der Waals surface area contributed by atoms with Gasteiger partial charge >= 0.3 is 0 Å². The number of carbonyl (C=O) groups is 1. The number of benzene rings is 1. The Balaban J connectivity index is 3.37. The summed E-state index contributed by atoms with van der Waals surface area (Å²) in [5.41, 5.74) is 0.516. The lowest BCUT2D eigenvalue weighted by molar-refractivity contribution is 0.0984. The summed E-state index contributed by atoms with van der Waals surface area (Å²) in [6.07, 6.45) is 0.422. The predicted molar refractivity (Wildman–Crippen MR) is 60.7 cm³/mol. The summed E-state index contributed by atoms with van der Waals surface area (Å²) in [5, 5.41) is 0. The second-order valence-electron chi connectivity index (χ2n) is 3.16. The highest BCUT2D eigenvalue weighted by Gasteiger charge is 2.19. The number of hydrogen-bond donors (Lipinski definition) is 0. The van der Waals surface area contributed by atoms with Crippen molar-refractivity contribution in [3.05, 3.63) is 17.7 Å². The molecule has 0 aromatic heterocycles. The summed E-state index contributed by atoms with van der Waals surface area (Å²) in [6, 6.07) is 3.39. The van der Waals surface area contributed by atoms with Crippen LogP contribution in [0.2, 0.25) is 0 Å². The molecule has 0 radical (unpaired) electrons. The fraction of sp³-hybridized carbons (Fsp3) is 0.417. The molecule has 0 heterocycles. The zero-order valence-corrected chi connectivity index (χ0v) is 9.99. The van der Waals surface area contributed by atoms with Gasteiger partial charge < -0.3 is 14.2 Å². The molecule has 0 aliphatic rings. The van der Waals surface area contributed by atoms with Crippen LogP contribution in [0.5, 0.6) is 17.2 Å². The van der Waals surface area contributed by atoms with E-state index in [1.54, 1.807) is 26.2 Å². The average molecular weight is 224 g/mol. The van der Waals surface area contributed by atoms with E-state index in [0.29, 0.717) is 29.2 Å². The lowest BCUT2D eigenvalue weighted by atomic mass is 10.1. The molecule has 0 unspecified atom stereocenters. The molecule has 88 valence electrons. The first-order valence-corrected chi connectivity index (χ1v) is 5.01. The van der Waals surface area contributed by atoms with Gasteiger partial charge in [0, 0.05) is 6.42 Å². The first-order valence-electron chi connectivity index (χ1n) is 5.01. The first-order chi connectivity index (χ1) is 7.69. The van der Waals surface area contributed by atoms with Gasteiger partial charge in [-0.05, 0) is 12.1 Å². The van der Waals surface area contributed by atoms with Crippen molar-refractivity contribution in [3.63, 3.8) is 0 Å². The maximum Gasteiger partial charge on any atom is 0.204 e. The van der Waals surface area contributed by atoms with Crippen molar-refractivity contribution in [1.29, 1.82) is 0 Å². The third-order valence-corrected chi connectivity index (χ3v) is 2.33. The van der Waals surface area contributed by atoms with Crippen molar-refractivity contribution in [3.8, 4) is 17.2 Å². The van der Waals surface area contributed by atoms with Crippen molar-refractivity contribution < 1.29 is 19.0 Å². The van der Waals surface area contributed by atoms with E-state index >= 15 is 0 Å². The van der Waals surface area contributed by atoms with E-state index in [4.69, 9.17) is 14.2 Å². The lowest BCUT2D eigenvalue weighted by Crippen LogP contribution is -2.03. The normalized spacial score (nSPS) is 9.75. The topological polar surface area (TPSA) is 44.8 Å². The number of carbonyl (C=O) groups excluding carboxylic acids is 1. The molecule has 0 atom stereocenters. The highest BCUT2D eigenvalue weighted by atomic mass is 16.5. The third-order valence-electron chi connectivity index (χ3n) is 2.33. The van der Waals surface area contributed by atoms with Gasteiger partial charge in [-0.3, -0.25) is 4.79 Å². The number of Topliss-reactive ketones (excluding diaryl/α,β-unsaturated/α-hetero) is 1. The molecule has 1 aromatic rings. The molecule has 0 fully saturated rings. The number of ketones is 1. The van der Waals surface area contributed by atoms with Crippen LogP contribution >= 0.6 is 0 Å². The molecule has 0 saturated carbocycles. The Kier molecular flexibility index (Phi) is 4.17. The zero-order chi connectivity index (χ0) is 12.1. The lowest BCUT2D eigenvalue weighted by Gasteiger charge is -2.14. The first kappa shape index (κ1) is 12.4. The fourth-order valence-corrected chi connectivity index (χ4v) is 1.51. The van der Waals surface area contributed by atoms with Gasteiger partial charge in [-0.2, -0.15) is 0 Å². The van der Waals surface area contributed by atoms with E-state index in [9.17, 15) is 4.79 Å². The van der Waals surface area contributed by atoms with Gasteiger partial charge in [0.2, 0.25) is 5.75 Å². The summed E-state index contributed by atoms with van der Waals surface area (Å²) >= 11 is 0. The summed E-state index contributed by atoms with van der Waals surface area (Å²) in [6.45, 7) is 1.80. The van der Waals surface area contributed by atoms with Gasteiger partial charge in [-0.15, -0.1) is 0 Å². The second-order valence-corrected chi connectivity index (χ2v) is 3.16. The minimum absolute atomic E-state index is 0.0119. The van der Waals surface area contributed by atoms with Gasteiger partial charge in [0.05, 0.1) is 26.9 Å². The monoisotopic (exact) mass is 224 g/mol. The minimum atomic E-state index is 0.0119. The summed E-state index contributed by atoms with van der Waals surface area (Å²) < 4.78 is 15.5. The second kappa shape index (κ2) is 5.39. The molecule has 4 heteroatoms. The van der Waals surface area contributed by atoms with Crippen LogP contribution in [0.25, 0.3) is 0 Å². The van der Waals surface area contributed by atoms with E-state index in [1.807, 2.05) is 0 Å². The van der Waals surface area contributed by atoms with E-state index < -0.39 is 0 Å². The Morgan fingerprint density at radius 1 is 1.06 bits per heavy atom. The van der Waals surface area contributed by atoms with Crippen molar-refractivity contribution in [2.24, 2.45) is 0 Å². The van der Waals surface area contributed by atoms with Crippen LogP contribution in [0, 0.1) is 0 Å². The molecule has 0 amide bonds. The Labute approximate surface area is 95.1 Å². The molecular weight excluding hydrogens is 208 g/mol. The van der Waals surface area contributed by atoms with Crippen molar-refractivity contribution in [2.45, 2.75) is 13.3 Å². The number of rotatable bonds is 5. The van der Waals surface area contributed by atoms with Crippen LogP contribution < -0.4 is 14.2 Å². The molecule has 1 aromatic carbocycles. The molecular formula is C12H16O4. The van der Waals surface area contributed by atoms with Crippen LogP contribution in [0.15, 0.2) is 12.1 Å². The molecule has 0 aliphatic heterocycles. The average Bonchev–Trinajstić information content (AvgIpc) is 2.35. The van der Waals surface area contributed by atoms with Crippen LogP contribution in [0.4, 0.5) is 0 Å². The van der Waals surface area contributed by atoms with E-state index in [0.717, 1.165) is 0 Å². The molecule has 4 nitrogen and oxygen atoms in total. The van der Waals surface area contributed by atoms with Gasteiger partial charge in [-0.25, -0.2) is 0 Å². The fourth-order valence-electron chi connectivity index (χ4n) is 1.51. The molecule has 1 rings (SSSR count). The molecule has 0 bridgehead atoms. The molecule has 0 N–H and O–H groups in total. The number of ether oxygens (including phenoxy) is 3. The smallest absolute Gasteiger partial charge is 0.204 e. The van der Waals surface area contributed by atoms with Crippen molar-refractivity contribution >= 4 is 5.78 Å². The van der Waals surface area contributed by atoms with Gasteiger partial charge in [0.1, 0.15) is 0 Å². The Morgan fingerprint density at radius 2 is 1.69 bits per heavy atom. The van der Waals surface area contributed by atoms with E-state index in [1.165, 1.54) is 14.2 Å². The SMILES string of the molecule is CCC(=O)c1ccc(OC)c(OC)c1OC. The number of hydrogen-bond acceptors (Lipinski definition) is 4. The maximum atomic E-state index is 11.7. The van der Waals surface area contributed by atoms with Crippen LogP contribution in [0.3, 0.4) is 0 Å². The summed E-state index contributed by atoms with van der Waals surface area (Å²) in [5.74, 6) is 1.43. The maximum absolute atomic E-state index is 11.7. The minimum Gasteiger partial charge on any atom is -0.493 e. The van der Waals surface area contributed by atoms with E-state index in [-0.39, 0.29) is 5.78 Å². The highest BCUT2D eigenvalue weighted by molar-refractivity contribution is 5.99. The van der Waals surface area contributed by atoms with Crippen LogP contribution in [0.1, 0.15) is 23.7 Å². The Morgan fingerprint density at radius 3 is 2.12 bits per heavy atom. The van der Waals surface area contributed by atoms with Crippen LogP contribution in [-0.4, -0.2) is 27.1 Å². The summed E-state index contributed by atoms with van der Waals surface area (Å²) in [4.78, 5) is 11.7. The van der Waals surface area contributed by atoms with Crippen molar-refractivity contribution in [1.82, 2.24) is 0 Å². The zero-order valence-electron chi connectivity index (χ0n) is 9.99. The largest absolute Gasteiger partial charge is 0.493 e. The van der Waals surface area contributed by atoms with E-state index in [2.05, 4.69) is 0 Å². The predicted octanol–water partition coefficient (Wildman–Crippen LogP) is 2.31. The molecule has 0 spiro atoms. The Bertz CT molecular complexity index is 385. The molecule has 16 heavy (non-hydrogen) atoms. The highest BCUT2D eigenvalue weighted by Crippen LogP contribution is 2.40. The number of methoxy groups -OCH3 is 3. The van der Waals surface area contributed by atoms with Gasteiger partial charge in [0.15, 0.2) is 17.3 Å². The standard InChI is InChI=1S/C12H16O4/c1-5-9(13)8-6-7-10(14-2)12(16-4)11(8)15-3/h6-7H,5H2,1-4H3.